The molecule has 0 aliphatic carbocycles. The van der Waals surface area contributed by atoms with Gasteiger partial charge in [-0.05, 0) is 12.1 Å². The number of nitrogens with zero attached hydrogens (tertiary/aromatic N) is 2. The summed E-state index contributed by atoms with van der Waals surface area (Å²) in [4.78, 5) is 19.0. The molecule has 0 aliphatic heterocycles. The number of nitrogen functional groups attached to an aromatic ring is 1. The normalized spacial score (nSPS) is 10.2. The molecule has 1 aromatic carbocycles. The van der Waals surface area contributed by atoms with E-state index in [4.69, 9.17) is 11.6 Å². The molecule has 2 aromatic rings. The molecule has 0 unspecified atom stereocenters. The number of benzene rings is 1. The number of carbonyl (C=O) groups is 1. The van der Waals surface area contributed by atoms with Gasteiger partial charge in [0.2, 0.25) is 5.95 Å². The van der Waals surface area contributed by atoms with E-state index in [9.17, 15) is 4.79 Å². The van der Waals surface area contributed by atoms with Gasteiger partial charge in [0.25, 0.3) is 0 Å². The Morgan fingerprint density at radius 3 is 2.74 bits per heavy atom. The van der Waals surface area contributed by atoms with Crippen LogP contribution < -0.4 is 27.6 Å². The fraction of sp³-hybridized carbons (Fsp3) is 0.182. The minimum absolute atomic E-state index is 0.323. The van der Waals surface area contributed by atoms with Crippen LogP contribution >= 0.6 is 0 Å². The molecule has 100 valence electrons. The first kappa shape index (κ1) is 12.8. The predicted octanol–water partition coefficient (Wildman–Crippen LogP) is -0.00440. The number of carbonyl (C=O) groups excluding carboxylic acids is 1. The van der Waals surface area contributed by atoms with E-state index in [1.807, 2.05) is 24.3 Å². The minimum Gasteiger partial charge on any atom is -0.368 e. The van der Waals surface area contributed by atoms with Gasteiger partial charge in [-0.2, -0.15) is 4.98 Å². The molecule has 0 aliphatic rings. The highest BCUT2D eigenvalue weighted by molar-refractivity contribution is 5.89. The molecule has 1 aromatic heterocycles. The molecule has 0 bridgehead atoms. The molecule has 2 rings (SSSR count). The third-order valence-electron chi connectivity index (χ3n) is 2.45. The van der Waals surface area contributed by atoms with Crippen LogP contribution in [0.5, 0.6) is 0 Å². The van der Waals surface area contributed by atoms with Crippen LogP contribution in [0.4, 0.5) is 16.6 Å². The predicted molar refractivity (Wildman–Crippen MR) is 73.4 cm³/mol. The van der Waals surface area contributed by atoms with Gasteiger partial charge >= 0.3 is 6.03 Å². The van der Waals surface area contributed by atoms with Crippen molar-refractivity contribution in [2.45, 2.75) is 0 Å². The summed E-state index contributed by atoms with van der Waals surface area (Å²) < 4.78 is 0. The summed E-state index contributed by atoms with van der Waals surface area (Å²) in [7, 11) is 0. The molecule has 0 spiro atoms. The summed E-state index contributed by atoms with van der Waals surface area (Å²) in [6, 6.07) is 6.99. The molecule has 0 atom stereocenters. The second kappa shape index (κ2) is 5.83. The second-order valence-electron chi connectivity index (χ2n) is 3.78. The van der Waals surface area contributed by atoms with Gasteiger partial charge in [-0.25, -0.2) is 15.6 Å². The number of amides is 2. The van der Waals surface area contributed by atoms with E-state index >= 15 is 0 Å². The van der Waals surface area contributed by atoms with Crippen molar-refractivity contribution in [3.05, 3.63) is 24.3 Å². The van der Waals surface area contributed by atoms with Crippen molar-refractivity contribution in [1.82, 2.24) is 15.3 Å². The Morgan fingerprint density at radius 2 is 2.00 bits per heavy atom. The van der Waals surface area contributed by atoms with Crippen LogP contribution in [-0.2, 0) is 0 Å². The minimum atomic E-state index is -0.557. The quantitative estimate of drug-likeness (QED) is 0.292. The number of anilines is 2. The second-order valence-corrected chi connectivity index (χ2v) is 3.78. The molecule has 0 radical (unpaired) electrons. The molecule has 8 heteroatoms. The molecular weight excluding hydrogens is 246 g/mol. The molecule has 1 heterocycles. The van der Waals surface area contributed by atoms with Crippen LogP contribution in [0.2, 0.25) is 0 Å². The highest BCUT2D eigenvalue weighted by Crippen LogP contribution is 2.20. The fourth-order valence-electron chi connectivity index (χ4n) is 1.64. The van der Waals surface area contributed by atoms with Crippen molar-refractivity contribution < 1.29 is 4.79 Å². The van der Waals surface area contributed by atoms with Crippen LogP contribution in [0.25, 0.3) is 10.9 Å². The number of para-hydroxylation sites is 1. The lowest BCUT2D eigenvalue weighted by Crippen LogP contribution is -2.33. The van der Waals surface area contributed by atoms with E-state index in [2.05, 4.69) is 26.0 Å². The number of nitrogens with one attached hydrogen (secondary N) is 3. The fourth-order valence-corrected chi connectivity index (χ4v) is 1.64. The van der Waals surface area contributed by atoms with Gasteiger partial charge in [0.05, 0.1) is 5.52 Å². The van der Waals surface area contributed by atoms with Gasteiger partial charge in [0.1, 0.15) is 5.82 Å². The van der Waals surface area contributed by atoms with Gasteiger partial charge in [-0.3, -0.25) is 5.43 Å². The number of nitrogens with two attached hydrogens (primary N) is 2. The third kappa shape index (κ3) is 3.19. The first-order valence-corrected chi connectivity index (χ1v) is 5.71. The Balaban J connectivity index is 2.18. The molecule has 19 heavy (non-hydrogen) atoms. The van der Waals surface area contributed by atoms with Gasteiger partial charge in [0.15, 0.2) is 0 Å². The number of hydrogen-bond acceptors (Lipinski definition) is 6. The van der Waals surface area contributed by atoms with Crippen molar-refractivity contribution in [1.29, 1.82) is 0 Å². The van der Waals surface area contributed by atoms with Crippen LogP contribution in [0.15, 0.2) is 24.3 Å². The SMILES string of the molecule is NNc1nc(NCCNC(N)=O)c2ccccc2n1. The van der Waals surface area contributed by atoms with E-state index in [0.29, 0.717) is 24.9 Å². The number of aromatic nitrogens is 2. The van der Waals surface area contributed by atoms with Gasteiger partial charge in [-0.1, -0.05) is 12.1 Å². The Morgan fingerprint density at radius 1 is 1.21 bits per heavy atom. The summed E-state index contributed by atoms with van der Waals surface area (Å²) >= 11 is 0. The molecule has 0 saturated heterocycles. The Kier molecular flexibility index (Phi) is 3.94. The lowest BCUT2D eigenvalue weighted by atomic mass is 10.2. The average molecular weight is 261 g/mol. The van der Waals surface area contributed by atoms with E-state index in [0.717, 1.165) is 10.9 Å². The summed E-state index contributed by atoms with van der Waals surface area (Å²) in [5.74, 6) is 6.29. The molecular formula is C11H15N7O. The average Bonchev–Trinajstić information content (AvgIpc) is 2.42. The van der Waals surface area contributed by atoms with Crippen LogP contribution in [0.3, 0.4) is 0 Å². The zero-order valence-electron chi connectivity index (χ0n) is 10.2. The Hall–Kier alpha value is -2.61. The standard InChI is InChI=1S/C11H15N7O/c12-10(19)15-6-5-14-9-7-3-1-2-4-8(7)16-11(17-9)18-13/h1-4H,5-6,13H2,(H3,12,15,19)(H2,14,16,17,18). The summed E-state index contributed by atoms with van der Waals surface area (Å²) in [5, 5.41) is 6.46. The Bertz CT molecular complexity index is 586. The molecule has 8 nitrogen and oxygen atoms in total. The van der Waals surface area contributed by atoms with Crippen molar-refractivity contribution in [3.63, 3.8) is 0 Å². The number of hydrazine groups is 1. The first-order valence-electron chi connectivity index (χ1n) is 5.71. The number of fused-ring (bicyclic) bond motifs is 1. The van der Waals surface area contributed by atoms with Crippen LogP contribution in [0, 0.1) is 0 Å². The van der Waals surface area contributed by atoms with Gasteiger partial charge in [-0.15, -0.1) is 0 Å². The zero-order valence-corrected chi connectivity index (χ0v) is 10.2. The van der Waals surface area contributed by atoms with Crippen molar-refractivity contribution in [2.24, 2.45) is 11.6 Å². The van der Waals surface area contributed by atoms with Gasteiger partial charge in [0, 0.05) is 18.5 Å². The molecule has 0 saturated carbocycles. The summed E-state index contributed by atoms with van der Waals surface area (Å²) in [6.45, 7) is 0.896. The topological polar surface area (TPSA) is 131 Å². The first-order chi connectivity index (χ1) is 9.20. The number of urea groups is 1. The molecule has 2 amide bonds. The van der Waals surface area contributed by atoms with E-state index < -0.39 is 6.03 Å². The highest BCUT2D eigenvalue weighted by Gasteiger charge is 2.06. The smallest absolute Gasteiger partial charge is 0.312 e. The third-order valence-corrected chi connectivity index (χ3v) is 2.45. The number of hydrogen-bond donors (Lipinski definition) is 5. The monoisotopic (exact) mass is 261 g/mol. The summed E-state index contributed by atoms with van der Waals surface area (Å²) in [5.41, 5.74) is 8.17. The van der Waals surface area contributed by atoms with E-state index in [-0.39, 0.29) is 0 Å². The van der Waals surface area contributed by atoms with Gasteiger partial charge < -0.3 is 16.4 Å². The number of primary amides is 1. The lowest BCUT2D eigenvalue weighted by molar-refractivity contribution is 0.249. The lowest BCUT2D eigenvalue weighted by Gasteiger charge is -2.10. The maximum atomic E-state index is 10.6. The summed E-state index contributed by atoms with van der Waals surface area (Å²) in [6.07, 6.45) is 0. The van der Waals surface area contributed by atoms with Crippen molar-refractivity contribution >= 4 is 28.7 Å². The number of rotatable bonds is 5. The largest absolute Gasteiger partial charge is 0.368 e. The van der Waals surface area contributed by atoms with E-state index in [1.54, 1.807) is 0 Å². The van der Waals surface area contributed by atoms with Crippen LogP contribution in [0.1, 0.15) is 0 Å². The van der Waals surface area contributed by atoms with Crippen LogP contribution in [-0.4, -0.2) is 29.1 Å². The highest BCUT2D eigenvalue weighted by atomic mass is 16.2. The molecule has 0 fully saturated rings. The molecule has 7 N–H and O–H groups in total. The van der Waals surface area contributed by atoms with Crippen molar-refractivity contribution in [2.75, 3.05) is 23.8 Å². The Labute approximate surface area is 109 Å². The van der Waals surface area contributed by atoms with E-state index in [1.165, 1.54) is 0 Å². The van der Waals surface area contributed by atoms with Crippen molar-refractivity contribution in [3.8, 4) is 0 Å². The maximum Gasteiger partial charge on any atom is 0.312 e. The zero-order chi connectivity index (χ0) is 13.7. The maximum absolute atomic E-state index is 10.6.